The Morgan fingerprint density at radius 3 is 1.94 bits per heavy atom. The second kappa shape index (κ2) is 6.61. The van der Waals surface area contributed by atoms with Crippen LogP contribution in [0, 0.1) is 0 Å². The minimum atomic E-state index is -1.05. The molecule has 0 aromatic heterocycles. The number of benzene rings is 1. The van der Waals surface area contributed by atoms with Gasteiger partial charge >= 0.3 is 11.9 Å². The van der Waals surface area contributed by atoms with E-state index in [0.717, 1.165) is 5.56 Å². The number of carboxylic acids is 2. The van der Waals surface area contributed by atoms with Crippen molar-refractivity contribution in [1.29, 1.82) is 0 Å². The van der Waals surface area contributed by atoms with Gasteiger partial charge in [0.15, 0.2) is 0 Å². The number of hydrogen-bond acceptors (Lipinski definition) is 4. The quantitative estimate of drug-likeness (QED) is 0.651. The molecule has 1 aromatic carbocycles. The van der Waals surface area contributed by atoms with E-state index in [-0.39, 0.29) is 18.8 Å². The van der Waals surface area contributed by atoms with Crippen LogP contribution in [0.4, 0.5) is 0 Å². The number of carbonyl (C=O) groups is 2. The Balaban J connectivity index is 2.52. The van der Waals surface area contributed by atoms with Crippen LogP contribution in [0.2, 0.25) is 0 Å². The van der Waals surface area contributed by atoms with Gasteiger partial charge in [-0.15, -0.1) is 0 Å². The number of hydrogen-bond donors (Lipinski definition) is 3. The van der Waals surface area contributed by atoms with E-state index in [1.807, 2.05) is 0 Å². The van der Waals surface area contributed by atoms with Crippen LogP contribution in [-0.4, -0.2) is 51.8 Å². The summed E-state index contributed by atoms with van der Waals surface area (Å²) in [7, 11) is 0. The summed E-state index contributed by atoms with van der Waals surface area (Å²) in [6, 6.07) is 6.51. The third-order valence-electron chi connectivity index (χ3n) is 2.37. The number of phenols is 1. The van der Waals surface area contributed by atoms with Gasteiger partial charge in [0.25, 0.3) is 0 Å². The van der Waals surface area contributed by atoms with Crippen molar-refractivity contribution < 1.29 is 24.9 Å². The highest BCUT2D eigenvalue weighted by molar-refractivity contribution is 5.72. The molecule has 0 aliphatic carbocycles. The number of rotatable bonds is 7. The molecule has 0 saturated heterocycles. The lowest BCUT2D eigenvalue weighted by atomic mass is 10.1. The van der Waals surface area contributed by atoms with Crippen molar-refractivity contribution in [1.82, 2.24) is 4.90 Å². The predicted molar refractivity (Wildman–Crippen MR) is 63.5 cm³/mol. The van der Waals surface area contributed by atoms with Gasteiger partial charge in [-0.1, -0.05) is 12.1 Å². The van der Waals surface area contributed by atoms with Gasteiger partial charge in [0.2, 0.25) is 0 Å². The molecule has 0 bridgehead atoms. The van der Waals surface area contributed by atoms with Crippen LogP contribution >= 0.6 is 0 Å². The van der Waals surface area contributed by atoms with E-state index < -0.39 is 11.9 Å². The first kappa shape index (κ1) is 14.0. The summed E-state index contributed by atoms with van der Waals surface area (Å²) >= 11 is 0. The number of nitrogens with zero attached hydrogens (tertiary/aromatic N) is 1. The monoisotopic (exact) mass is 253 g/mol. The van der Waals surface area contributed by atoms with Gasteiger partial charge in [-0.05, 0) is 24.1 Å². The number of aromatic hydroxyl groups is 1. The van der Waals surface area contributed by atoms with E-state index in [0.29, 0.717) is 13.0 Å². The van der Waals surface area contributed by atoms with Crippen LogP contribution in [-0.2, 0) is 16.0 Å². The molecule has 0 unspecified atom stereocenters. The number of aliphatic carboxylic acids is 2. The zero-order chi connectivity index (χ0) is 13.5. The van der Waals surface area contributed by atoms with Gasteiger partial charge in [0.05, 0.1) is 13.1 Å². The van der Waals surface area contributed by atoms with E-state index in [9.17, 15) is 9.59 Å². The van der Waals surface area contributed by atoms with Gasteiger partial charge in [-0.25, -0.2) is 0 Å². The first-order valence-corrected chi connectivity index (χ1v) is 5.41. The molecular weight excluding hydrogens is 238 g/mol. The minimum Gasteiger partial charge on any atom is -0.508 e. The Kier molecular flexibility index (Phi) is 5.13. The predicted octanol–water partition coefficient (Wildman–Crippen LogP) is 0.406. The van der Waals surface area contributed by atoms with E-state index >= 15 is 0 Å². The van der Waals surface area contributed by atoms with E-state index in [4.69, 9.17) is 15.3 Å². The lowest BCUT2D eigenvalue weighted by molar-refractivity contribution is -0.141. The van der Waals surface area contributed by atoms with Gasteiger partial charge < -0.3 is 15.3 Å². The molecule has 0 atom stereocenters. The Hall–Kier alpha value is -2.08. The lowest BCUT2D eigenvalue weighted by Crippen LogP contribution is -2.35. The fourth-order valence-corrected chi connectivity index (χ4v) is 1.55. The molecule has 0 fully saturated rings. The molecule has 98 valence electrons. The topological polar surface area (TPSA) is 98.1 Å². The smallest absolute Gasteiger partial charge is 0.317 e. The van der Waals surface area contributed by atoms with Crippen molar-refractivity contribution in [3.8, 4) is 5.75 Å². The second-order valence-corrected chi connectivity index (χ2v) is 3.91. The maximum absolute atomic E-state index is 10.6. The molecule has 0 saturated carbocycles. The number of carboxylic acid groups (broad SMARTS) is 2. The van der Waals surface area contributed by atoms with Crippen LogP contribution in [0.1, 0.15) is 5.56 Å². The van der Waals surface area contributed by atoms with Crippen molar-refractivity contribution in [2.24, 2.45) is 0 Å². The van der Waals surface area contributed by atoms with E-state index in [2.05, 4.69) is 0 Å². The summed E-state index contributed by atoms with van der Waals surface area (Å²) in [4.78, 5) is 22.5. The maximum Gasteiger partial charge on any atom is 0.317 e. The summed E-state index contributed by atoms with van der Waals surface area (Å²) < 4.78 is 0. The van der Waals surface area contributed by atoms with Gasteiger partial charge in [-0.2, -0.15) is 0 Å². The molecule has 0 heterocycles. The summed E-state index contributed by atoms with van der Waals surface area (Å²) in [5, 5.41) is 26.4. The molecule has 18 heavy (non-hydrogen) atoms. The Bertz CT molecular complexity index is 399. The molecular formula is C12H15NO5. The van der Waals surface area contributed by atoms with Crippen molar-refractivity contribution in [3.63, 3.8) is 0 Å². The molecule has 0 aliphatic rings. The number of phenolic OH excluding ortho intramolecular Hbond substituents is 1. The molecule has 6 heteroatoms. The Labute approximate surface area is 104 Å². The molecule has 0 spiro atoms. The average molecular weight is 253 g/mol. The van der Waals surface area contributed by atoms with Gasteiger partial charge in [-0.3, -0.25) is 14.5 Å². The summed E-state index contributed by atoms with van der Waals surface area (Å²) in [5.41, 5.74) is 0.911. The van der Waals surface area contributed by atoms with Crippen molar-refractivity contribution in [2.45, 2.75) is 6.42 Å². The average Bonchev–Trinajstić information content (AvgIpc) is 2.26. The SMILES string of the molecule is O=C(O)CN(CCc1ccc(O)cc1)CC(=O)O. The molecule has 0 aliphatic heterocycles. The fourth-order valence-electron chi connectivity index (χ4n) is 1.55. The van der Waals surface area contributed by atoms with Crippen molar-refractivity contribution in [3.05, 3.63) is 29.8 Å². The zero-order valence-corrected chi connectivity index (χ0v) is 9.74. The summed E-state index contributed by atoms with van der Waals surface area (Å²) in [6.45, 7) is -0.266. The van der Waals surface area contributed by atoms with E-state index in [1.165, 1.54) is 17.0 Å². The normalized spacial score (nSPS) is 10.5. The first-order valence-electron chi connectivity index (χ1n) is 5.41. The summed E-state index contributed by atoms with van der Waals surface area (Å²) in [6.07, 6.45) is 0.529. The molecule has 1 rings (SSSR count). The van der Waals surface area contributed by atoms with Crippen LogP contribution < -0.4 is 0 Å². The highest BCUT2D eigenvalue weighted by Crippen LogP contribution is 2.10. The van der Waals surface area contributed by atoms with Crippen LogP contribution in [0.5, 0.6) is 5.75 Å². The van der Waals surface area contributed by atoms with Gasteiger partial charge in [0.1, 0.15) is 5.75 Å². The fraction of sp³-hybridized carbons (Fsp3) is 0.333. The molecule has 0 amide bonds. The van der Waals surface area contributed by atoms with Crippen LogP contribution in [0.3, 0.4) is 0 Å². The Morgan fingerprint density at radius 1 is 1.00 bits per heavy atom. The second-order valence-electron chi connectivity index (χ2n) is 3.91. The third-order valence-corrected chi connectivity index (χ3v) is 2.37. The standard InChI is InChI=1S/C12H15NO5/c14-10-3-1-9(2-4-10)5-6-13(7-11(15)16)8-12(17)18/h1-4,14H,5-8H2,(H,15,16)(H,17,18). The van der Waals surface area contributed by atoms with Crippen molar-refractivity contribution in [2.75, 3.05) is 19.6 Å². The van der Waals surface area contributed by atoms with Crippen molar-refractivity contribution >= 4 is 11.9 Å². The maximum atomic E-state index is 10.6. The zero-order valence-electron chi connectivity index (χ0n) is 9.74. The highest BCUT2D eigenvalue weighted by Gasteiger charge is 2.13. The lowest BCUT2D eigenvalue weighted by Gasteiger charge is -2.17. The highest BCUT2D eigenvalue weighted by atomic mass is 16.4. The van der Waals surface area contributed by atoms with Crippen LogP contribution in [0.25, 0.3) is 0 Å². The van der Waals surface area contributed by atoms with Crippen LogP contribution in [0.15, 0.2) is 24.3 Å². The molecule has 1 aromatic rings. The first-order chi connectivity index (χ1) is 8.47. The summed E-state index contributed by atoms with van der Waals surface area (Å²) in [5.74, 6) is -1.95. The molecule has 0 radical (unpaired) electrons. The Morgan fingerprint density at radius 2 is 1.50 bits per heavy atom. The largest absolute Gasteiger partial charge is 0.508 e. The molecule has 6 nitrogen and oxygen atoms in total. The van der Waals surface area contributed by atoms with Gasteiger partial charge in [0, 0.05) is 6.54 Å². The molecule has 3 N–H and O–H groups in total. The minimum absolute atomic E-state index is 0.159. The third kappa shape index (κ3) is 5.31. The van der Waals surface area contributed by atoms with E-state index in [1.54, 1.807) is 12.1 Å².